The Hall–Kier alpha value is -4.07. The Morgan fingerprint density at radius 2 is 1.59 bits per heavy atom. The van der Waals surface area contributed by atoms with Crippen LogP contribution in [0.5, 0.6) is 0 Å². The average molecular weight is 600 g/mol. The van der Waals surface area contributed by atoms with E-state index in [0.717, 1.165) is 22.6 Å². The molecule has 0 saturated heterocycles. The van der Waals surface area contributed by atoms with E-state index in [9.17, 15) is 31.5 Å². The molecule has 0 aliphatic carbocycles. The number of carboxylic acid groups (broad SMARTS) is 2. The monoisotopic (exact) mass is 599 g/mol. The summed E-state index contributed by atoms with van der Waals surface area (Å²) in [6.45, 7) is 10.4. The highest BCUT2D eigenvalue weighted by Gasteiger charge is 2.38. The van der Waals surface area contributed by atoms with E-state index in [1.807, 2.05) is 18.7 Å². The largest absolute Gasteiger partial charge is 0.490 e. The molecule has 0 unspecified atom stereocenters. The average Bonchev–Trinajstić information content (AvgIpc) is 3.18. The Morgan fingerprint density at radius 3 is 2.02 bits per heavy atom. The van der Waals surface area contributed by atoms with Crippen LogP contribution in [0.2, 0.25) is 0 Å². The quantitative estimate of drug-likeness (QED) is 0.309. The van der Waals surface area contributed by atoms with Crippen molar-refractivity contribution in [2.24, 2.45) is 0 Å². The lowest BCUT2D eigenvalue weighted by atomic mass is 9.87. The molecule has 224 valence electrons. The molecule has 3 N–H and O–H groups in total. The number of aryl methyl sites for hydroxylation is 2. The zero-order valence-corrected chi connectivity index (χ0v) is 24.1. The van der Waals surface area contributed by atoms with Gasteiger partial charge >= 0.3 is 18.1 Å². The highest BCUT2D eigenvalue weighted by atomic mass is 32.2. The van der Waals surface area contributed by atoms with Crippen LogP contribution in [0.15, 0.2) is 51.9 Å². The summed E-state index contributed by atoms with van der Waals surface area (Å²) in [5, 5.41) is 20.8. The summed E-state index contributed by atoms with van der Waals surface area (Å²) in [5.74, 6) is -3.16. The zero-order chi connectivity index (χ0) is 31.3. The maximum atomic E-state index is 12.9. The number of anilines is 2. The van der Waals surface area contributed by atoms with Gasteiger partial charge in [-0.1, -0.05) is 38.1 Å². The van der Waals surface area contributed by atoms with Crippen molar-refractivity contribution in [3.8, 4) is 0 Å². The van der Waals surface area contributed by atoms with Gasteiger partial charge in [0.05, 0.1) is 21.8 Å². The topological polar surface area (TPSA) is 150 Å². The molecule has 0 saturated carbocycles. The highest BCUT2D eigenvalue weighted by Crippen LogP contribution is 2.28. The number of nitrogens with zero attached hydrogens (tertiary/aromatic N) is 2. The Labute approximate surface area is 235 Å². The van der Waals surface area contributed by atoms with Crippen LogP contribution in [-0.4, -0.2) is 55.5 Å². The van der Waals surface area contributed by atoms with Crippen LogP contribution in [-0.2, 0) is 26.7 Å². The summed E-state index contributed by atoms with van der Waals surface area (Å²) in [5.41, 5.74) is 3.39. The maximum absolute atomic E-state index is 12.9. The van der Waals surface area contributed by atoms with Gasteiger partial charge < -0.3 is 19.6 Å². The molecule has 1 heterocycles. The second kappa shape index (κ2) is 12.6. The van der Waals surface area contributed by atoms with Gasteiger partial charge in [0, 0.05) is 24.8 Å². The van der Waals surface area contributed by atoms with Crippen molar-refractivity contribution in [2.75, 3.05) is 23.2 Å². The molecule has 3 aromatic rings. The molecule has 0 aliphatic rings. The highest BCUT2D eigenvalue weighted by molar-refractivity contribution is 7.92. The zero-order valence-electron chi connectivity index (χ0n) is 23.3. The summed E-state index contributed by atoms with van der Waals surface area (Å²) in [7, 11) is -2.08. The summed E-state index contributed by atoms with van der Waals surface area (Å²) < 4.78 is 65.2. The minimum Gasteiger partial charge on any atom is -0.478 e. The number of carboxylic acids is 2. The lowest BCUT2D eigenvalue weighted by molar-refractivity contribution is -0.192. The molecule has 14 heteroatoms. The summed E-state index contributed by atoms with van der Waals surface area (Å²) in [6.07, 6.45) is -4.45. The van der Waals surface area contributed by atoms with E-state index in [4.69, 9.17) is 14.4 Å². The molecular weight excluding hydrogens is 567 g/mol. The van der Waals surface area contributed by atoms with Gasteiger partial charge in [-0.2, -0.15) is 13.2 Å². The number of carbonyl (C=O) groups is 2. The molecule has 0 spiro atoms. The maximum Gasteiger partial charge on any atom is 0.490 e. The lowest BCUT2D eigenvalue weighted by Gasteiger charge is -2.22. The molecular formula is C27H32F3N3O7S. The summed E-state index contributed by atoms with van der Waals surface area (Å²) in [4.78, 5) is 22.8. The Bertz CT molecular complexity index is 1470. The van der Waals surface area contributed by atoms with Gasteiger partial charge in [0.2, 0.25) is 0 Å². The number of rotatable bonds is 8. The Balaban J connectivity index is 0.000000745. The minimum absolute atomic E-state index is 0.00421. The number of halogens is 3. The minimum atomic E-state index is -5.08. The predicted molar refractivity (Wildman–Crippen MR) is 146 cm³/mol. The molecule has 0 atom stereocenters. The van der Waals surface area contributed by atoms with E-state index < -0.39 is 28.1 Å². The second-order valence-corrected chi connectivity index (χ2v) is 11.9. The van der Waals surface area contributed by atoms with Crippen LogP contribution in [0.3, 0.4) is 0 Å². The van der Waals surface area contributed by atoms with Gasteiger partial charge in [-0.25, -0.2) is 18.0 Å². The molecule has 41 heavy (non-hydrogen) atoms. The normalized spacial score (nSPS) is 11.8. The standard InChI is InChI=1S/C25H31N3O5S.C2HF3O2/c1-16-21(17(2)33-26-16)13-14-28(6)23-12-9-19(15-22(23)24(29)30)27-34(31,32)20-10-7-18(8-11-20)25(3,4)5;3-2(4,5)1(6)7/h7-12,15,27H,13-14H2,1-6H3,(H,29,30);(H,6,7). The number of nitrogens with one attached hydrogen (secondary N) is 1. The van der Waals surface area contributed by atoms with Crippen molar-refractivity contribution < 1.29 is 45.9 Å². The fourth-order valence-electron chi connectivity index (χ4n) is 3.71. The molecule has 10 nitrogen and oxygen atoms in total. The van der Waals surface area contributed by atoms with E-state index in [2.05, 4.69) is 30.6 Å². The molecule has 0 bridgehead atoms. The Kier molecular flexibility index (Phi) is 10.2. The van der Waals surface area contributed by atoms with Crippen molar-refractivity contribution in [3.05, 3.63) is 70.6 Å². The number of alkyl halides is 3. The molecule has 2 aromatic carbocycles. The molecule has 0 radical (unpaired) electrons. The first-order valence-corrected chi connectivity index (χ1v) is 13.7. The number of aromatic nitrogens is 1. The number of benzene rings is 2. The van der Waals surface area contributed by atoms with Gasteiger partial charge in [-0.15, -0.1) is 0 Å². The number of hydrogen-bond donors (Lipinski definition) is 3. The number of aromatic carboxylic acids is 1. The SMILES string of the molecule is Cc1noc(C)c1CCN(C)c1ccc(NS(=O)(=O)c2ccc(C(C)(C)C)cc2)cc1C(=O)O.O=C(O)C(F)(F)F. The summed E-state index contributed by atoms with van der Waals surface area (Å²) >= 11 is 0. The third kappa shape index (κ3) is 8.96. The molecule has 0 aliphatic heterocycles. The second-order valence-electron chi connectivity index (χ2n) is 10.2. The van der Waals surface area contributed by atoms with E-state index in [-0.39, 0.29) is 21.6 Å². The van der Waals surface area contributed by atoms with Crippen molar-refractivity contribution in [2.45, 2.75) is 57.5 Å². The van der Waals surface area contributed by atoms with Crippen molar-refractivity contribution in [3.63, 3.8) is 0 Å². The van der Waals surface area contributed by atoms with Crippen LogP contribution in [0.25, 0.3) is 0 Å². The van der Waals surface area contributed by atoms with E-state index in [0.29, 0.717) is 18.7 Å². The number of aliphatic carboxylic acids is 1. The predicted octanol–water partition coefficient (Wildman–Crippen LogP) is 5.40. The van der Waals surface area contributed by atoms with Gasteiger partial charge in [-0.3, -0.25) is 4.72 Å². The fourth-order valence-corrected chi connectivity index (χ4v) is 4.76. The van der Waals surface area contributed by atoms with Gasteiger partial charge in [-0.05, 0) is 61.6 Å². The van der Waals surface area contributed by atoms with Crippen LogP contribution < -0.4 is 9.62 Å². The van der Waals surface area contributed by atoms with Gasteiger partial charge in [0.1, 0.15) is 5.76 Å². The molecule has 0 fully saturated rings. The number of hydrogen-bond acceptors (Lipinski definition) is 7. The lowest BCUT2D eigenvalue weighted by Crippen LogP contribution is -2.23. The first-order valence-electron chi connectivity index (χ1n) is 12.2. The molecule has 0 amide bonds. The van der Waals surface area contributed by atoms with Crippen molar-refractivity contribution >= 4 is 33.3 Å². The first-order chi connectivity index (χ1) is 18.7. The van der Waals surface area contributed by atoms with E-state index in [1.165, 1.54) is 6.07 Å². The summed E-state index contributed by atoms with van der Waals surface area (Å²) in [6, 6.07) is 11.2. The first kappa shape index (κ1) is 33.1. The third-order valence-electron chi connectivity index (χ3n) is 6.04. The van der Waals surface area contributed by atoms with Crippen molar-refractivity contribution in [1.29, 1.82) is 0 Å². The van der Waals surface area contributed by atoms with E-state index >= 15 is 0 Å². The van der Waals surface area contributed by atoms with Gasteiger partial charge in [0.25, 0.3) is 10.0 Å². The molecule has 1 aromatic heterocycles. The fraction of sp³-hybridized carbons (Fsp3) is 0.370. The van der Waals surface area contributed by atoms with Crippen LogP contribution in [0, 0.1) is 13.8 Å². The van der Waals surface area contributed by atoms with Crippen molar-refractivity contribution in [1.82, 2.24) is 5.16 Å². The van der Waals surface area contributed by atoms with E-state index in [1.54, 1.807) is 43.4 Å². The van der Waals surface area contributed by atoms with Crippen LogP contribution in [0.4, 0.5) is 24.5 Å². The van der Waals surface area contributed by atoms with Crippen LogP contribution >= 0.6 is 0 Å². The Morgan fingerprint density at radius 1 is 1.02 bits per heavy atom. The smallest absolute Gasteiger partial charge is 0.478 e. The molecule has 3 rings (SSSR count). The number of sulfonamides is 1. The number of likely N-dealkylation sites (N-methyl/N-ethyl adjacent to an activating group) is 1. The van der Waals surface area contributed by atoms with Crippen LogP contribution in [0.1, 0.15) is 53.7 Å². The van der Waals surface area contributed by atoms with Gasteiger partial charge in [0.15, 0.2) is 0 Å². The third-order valence-corrected chi connectivity index (χ3v) is 7.44.